The fourth-order valence-electron chi connectivity index (χ4n) is 0.577. The van der Waals surface area contributed by atoms with E-state index < -0.39 is 7.82 Å². The molecule has 0 aliphatic rings. The van der Waals surface area contributed by atoms with Gasteiger partial charge in [0.2, 0.25) is 0 Å². The fraction of sp³-hybridized carbons (Fsp3) is 1.00. The molecule has 1 unspecified atom stereocenters. The third-order valence-electron chi connectivity index (χ3n) is 1.41. The van der Waals surface area contributed by atoms with Gasteiger partial charge in [-0.3, -0.25) is 4.52 Å². The number of hydrogen-bond donors (Lipinski definition) is 0. The maximum atomic E-state index is 11.8. The molecule has 0 aromatic heterocycles. The average Bonchev–Trinajstić information content (AvgIpc) is 2.23. The molecule has 92 valence electrons. The van der Waals surface area contributed by atoms with Gasteiger partial charge in [0, 0.05) is 0 Å². The second kappa shape index (κ2) is 8.21. The Labute approximate surface area is 90.3 Å². The first-order chi connectivity index (χ1) is 7.08. The highest BCUT2D eigenvalue weighted by atomic mass is 31.2. The molecule has 0 aromatic carbocycles. The molecule has 6 nitrogen and oxygen atoms in total. The van der Waals surface area contributed by atoms with E-state index in [1.165, 1.54) is 0 Å². The molecule has 0 fully saturated rings. The smallest absolute Gasteiger partial charge is 0.281 e. The van der Waals surface area contributed by atoms with Crippen molar-refractivity contribution in [3.63, 3.8) is 0 Å². The molecule has 0 heterocycles. The van der Waals surface area contributed by atoms with Crippen LogP contribution < -0.4 is 0 Å². The van der Waals surface area contributed by atoms with Gasteiger partial charge in [-0.2, -0.15) is 0 Å². The summed E-state index contributed by atoms with van der Waals surface area (Å²) >= 11 is 0. The molecule has 0 aliphatic heterocycles. The van der Waals surface area contributed by atoms with Gasteiger partial charge in [-0.1, -0.05) is 6.92 Å². The first kappa shape index (κ1) is 15.0. The Balaban J connectivity index is 4.19. The second-order valence-electron chi connectivity index (χ2n) is 2.73. The molecule has 0 spiro atoms. The minimum Gasteiger partial charge on any atom is -0.281 e. The molecule has 0 bridgehead atoms. The Hall–Kier alpha value is 0.0300. The lowest BCUT2D eigenvalue weighted by Gasteiger charge is -2.18. The van der Waals surface area contributed by atoms with Crippen molar-refractivity contribution in [2.45, 2.75) is 40.2 Å². The quantitative estimate of drug-likeness (QED) is 0.352. The average molecular weight is 242 g/mol. The summed E-state index contributed by atoms with van der Waals surface area (Å²) in [6.07, 6.45) is 0.409. The molecule has 0 amide bonds. The molecule has 0 N–H and O–H groups in total. The van der Waals surface area contributed by atoms with E-state index in [0.29, 0.717) is 6.42 Å². The summed E-state index contributed by atoms with van der Waals surface area (Å²) in [5.41, 5.74) is 0. The third kappa shape index (κ3) is 7.00. The van der Waals surface area contributed by atoms with E-state index in [1.54, 1.807) is 20.8 Å². The Kier molecular flexibility index (Phi) is 8.23. The molecular formula is C8H19O6P. The maximum Gasteiger partial charge on any atom is 0.529 e. The summed E-state index contributed by atoms with van der Waals surface area (Å²) in [6.45, 7) is 7.49. The predicted molar refractivity (Wildman–Crippen MR) is 53.9 cm³/mol. The maximum absolute atomic E-state index is 11.8. The molecule has 0 saturated carbocycles. The first-order valence-electron chi connectivity index (χ1n) is 4.98. The first-order valence-corrected chi connectivity index (χ1v) is 6.44. The zero-order valence-corrected chi connectivity index (χ0v) is 10.5. The van der Waals surface area contributed by atoms with Crippen LogP contribution in [0.5, 0.6) is 0 Å². The minimum atomic E-state index is -3.77. The van der Waals surface area contributed by atoms with Crippen LogP contribution in [0.1, 0.15) is 34.1 Å². The van der Waals surface area contributed by atoms with E-state index in [-0.39, 0.29) is 19.3 Å². The van der Waals surface area contributed by atoms with E-state index >= 15 is 0 Å². The van der Waals surface area contributed by atoms with Crippen LogP contribution in [0.15, 0.2) is 0 Å². The number of rotatable bonds is 9. The van der Waals surface area contributed by atoms with E-state index in [2.05, 4.69) is 19.1 Å². The van der Waals surface area contributed by atoms with Crippen LogP contribution in [-0.4, -0.2) is 19.3 Å². The highest BCUT2D eigenvalue weighted by Crippen LogP contribution is 2.51. The fourth-order valence-corrected chi connectivity index (χ4v) is 1.73. The normalized spacial score (nSPS) is 14.1. The Bertz CT molecular complexity index is 186. The van der Waals surface area contributed by atoms with Crippen LogP contribution in [0, 0.1) is 0 Å². The lowest BCUT2D eigenvalue weighted by Crippen LogP contribution is -2.09. The molecule has 15 heavy (non-hydrogen) atoms. The van der Waals surface area contributed by atoms with Gasteiger partial charge >= 0.3 is 7.82 Å². The van der Waals surface area contributed by atoms with Gasteiger partial charge in [0.15, 0.2) is 0 Å². The SMILES string of the molecule is CCOOP(=O)(OOCC)OC(C)CC. The highest BCUT2D eigenvalue weighted by Gasteiger charge is 2.32. The summed E-state index contributed by atoms with van der Waals surface area (Å²) in [6, 6.07) is 0. The summed E-state index contributed by atoms with van der Waals surface area (Å²) in [5.74, 6) is 0. The van der Waals surface area contributed by atoms with Crippen molar-refractivity contribution < 1.29 is 28.2 Å². The van der Waals surface area contributed by atoms with E-state index in [0.717, 1.165) is 0 Å². The van der Waals surface area contributed by atoms with Crippen LogP contribution in [0.2, 0.25) is 0 Å². The number of hydrogen-bond acceptors (Lipinski definition) is 6. The van der Waals surface area contributed by atoms with Gasteiger partial charge in [0.1, 0.15) is 0 Å². The van der Waals surface area contributed by atoms with Gasteiger partial charge in [-0.25, -0.2) is 14.3 Å². The third-order valence-corrected chi connectivity index (χ3v) is 2.60. The van der Waals surface area contributed by atoms with Crippen LogP contribution in [0.4, 0.5) is 0 Å². The van der Waals surface area contributed by atoms with Gasteiger partial charge in [0.25, 0.3) is 0 Å². The van der Waals surface area contributed by atoms with Gasteiger partial charge < -0.3 is 0 Å². The van der Waals surface area contributed by atoms with Crippen molar-refractivity contribution in [3.8, 4) is 0 Å². The molecule has 0 rings (SSSR count). The topological polar surface area (TPSA) is 63.2 Å². The minimum absolute atomic E-state index is 0.239. The van der Waals surface area contributed by atoms with Crippen LogP contribution >= 0.6 is 7.82 Å². The van der Waals surface area contributed by atoms with Crippen LogP contribution in [0.25, 0.3) is 0 Å². The van der Waals surface area contributed by atoms with Crippen LogP contribution in [-0.2, 0) is 28.2 Å². The monoisotopic (exact) mass is 242 g/mol. The molecule has 0 aromatic rings. The second-order valence-corrected chi connectivity index (χ2v) is 4.14. The van der Waals surface area contributed by atoms with Gasteiger partial charge in [-0.05, 0) is 27.2 Å². The Morgan fingerprint density at radius 2 is 1.53 bits per heavy atom. The molecule has 0 saturated heterocycles. The lowest BCUT2D eigenvalue weighted by molar-refractivity contribution is -0.280. The van der Waals surface area contributed by atoms with Crippen molar-refractivity contribution in [1.82, 2.24) is 0 Å². The van der Waals surface area contributed by atoms with E-state index in [1.807, 2.05) is 6.92 Å². The Morgan fingerprint density at radius 3 is 1.87 bits per heavy atom. The summed E-state index contributed by atoms with van der Waals surface area (Å²) in [4.78, 5) is 9.10. The van der Waals surface area contributed by atoms with E-state index in [9.17, 15) is 4.57 Å². The summed E-state index contributed by atoms with van der Waals surface area (Å²) < 4.78 is 25.9. The largest absolute Gasteiger partial charge is 0.529 e. The highest BCUT2D eigenvalue weighted by molar-refractivity contribution is 7.48. The standard InChI is InChI=1S/C8H19O6P/c1-5-8(4)12-15(9,13-10-6-2)14-11-7-3/h8H,5-7H2,1-4H3. The lowest BCUT2D eigenvalue weighted by atomic mass is 10.3. The van der Waals surface area contributed by atoms with Gasteiger partial charge in [-0.15, -0.1) is 9.35 Å². The van der Waals surface area contributed by atoms with Gasteiger partial charge in [0.05, 0.1) is 19.3 Å². The van der Waals surface area contributed by atoms with Crippen molar-refractivity contribution in [2.24, 2.45) is 0 Å². The molecule has 0 aliphatic carbocycles. The van der Waals surface area contributed by atoms with Crippen molar-refractivity contribution in [3.05, 3.63) is 0 Å². The van der Waals surface area contributed by atoms with E-state index in [4.69, 9.17) is 4.52 Å². The van der Waals surface area contributed by atoms with Crippen molar-refractivity contribution >= 4 is 7.82 Å². The molecule has 7 heteroatoms. The van der Waals surface area contributed by atoms with Crippen molar-refractivity contribution in [1.29, 1.82) is 0 Å². The summed E-state index contributed by atoms with van der Waals surface area (Å²) in [7, 11) is -3.77. The molecule has 0 radical (unpaired) electrons. The zero-order valence-electron chi connectivity index (χ0n) is 9.60. The van der Waals surface area contributed by atoms with Crippen molar-refractivity contribution in [2.75, 3.05) is 13.2 Å². The Morgan fingerprint density at radius 1 is 1.07 bits per heavy atom. The summed E-state index contributed by atoms with van der Waals surface area (Å²) in [5, 5.41) is 0. The number of phosphoric acid groups is 1. The van der Waals surface area contributed by atoms with Crippen LogP contribution in [0.3, 0.4) is 0 Å². The molecular weight excluding hydrogens is 223 g/mol. The molecule has 1 atom stereocenters. The zero-order chi connectivity index (χ0) is 11.7. The predicted octanol–water partition coefficient (Wildman–Crippen LogP) is 2.85.